The van der Waals surface area contributed by atoms with Gasteiger partial charge in [-0.05, 0) is 50.2 Å². The standard InChI is InChI=1S/C19H24N6/c1-2-4-16-15(3-1)7-19(24-23-16)25-10-13(11-25)9-20-18-8-17(14-5-6-14)21-12-22-18/h7-8,12-14H,1-6,9-11H2,(H,20,21,22). The van der Waals surface area contributed by atoms with E-state index < -0.39 is 0 Å². The van der Waals surface area contributed by atoms with Crippen molar-refractivity contribution in [2.24, 2.45) is 5.92 Å². The molecule has 6 heteroatoms. The van der Waals surface area contributed by atoms with Gasteiger partial charge in [0, 0.05) is 43.2 Å². The molecule has 6 nitrogen and oxygen atoms in total. The molecule has 25 heavy (non-hydrogen) atoms. The van der Waals surface area contributed by atoms with Crippen LogP contribution in [0.25, 0.3) is 0 Å². The Morgan fingerprint density at radius 2 is 1.92 bits per heavy atom. The van der Waals surface area contributed by atoms with Crippen LogP contribution in [0.2, 0.25) is 0 Å². The second kappa shape index (κ2) is 6.24. The number of hydrogen-bond acceptors (Lipinski definition) is 6. The third-order valence-electron chi connectivity index (χ3n) is 5.59. The molecule has 0 atom stereocenters. The summed E-state index contributed by atoms with van der Waals surface area (Å²) in [6, 6.07) is 4.38. The van der Waals surface area contributed by atoms with Gasteiger partial charge in [-0.3, -0.25) is 0 Å². The highest BCUT2D eigenvalue weighted by Gasteiger charge is 2.29. The Morgan fingerprint density at radius 3 is 2.80 bits per heavy atom. The molecule has 0 spiro atoms. The molecule has 0 unspecified atom stereocenters. The second-order valence-corrected chi connectivity index (χ2v) is 7.64. The van der Waals surface area contributed by atoms with E-state index in [4.69, 9.17) is 0 Å². The smallest absolute Gasteiger partial charge is 0.151 e. The molecule has 1 saturated carbocycles. The number of hydrogen-bond donors (Lipinski definition) is 1. The summed E-state index contributed by atoms with van der Waals surface area (Å²) >= 11 is 0. The molecule has 0 bridgehead atoms. The van der Waals surface area contributed by atoms with E-state index in [9.17, 15) is 0 Å². The molecule has 3 heterocycles. The first kappa shape index (κ1) is 15.0. The lowest BCUT2D eigenvalue weighted by molar-refractivity contribution is 0.424. The first-order chi connectivity index (χ1) is 12.3. The first-order valence-electron chi connectivity index (χ1n) is 9.51. The van der Waals surface area contributed by atoms with Crippen molar-refractivity contribution in [2.45, 2.75) is 44.4 Å². The van der Waals surface area contributed by atoms with Gasteiger partial charge in [0.2, 0.25) is 0 Å². The van der Waals surface area contributed by atoms with Crippen LogP contribution in [0.4, 0.5) is 11.6 Å². The molecular weight excluding hydrogens is 312 g/mol. The summed E-state index contributed by atoms with van der Waals surface area (Å²) in [4.78, 5) is 11.1. The number of fused-ring (bicyclic) bond motifs is 1. The molecule has 3 aliphatic rings. The van der Waals surface area contributed by atoms with Gasteiger partial charge in [0.1, 0.15) is 12.1 Å². The minimum atomic E-state index is 0.636. The van der Waals surface area contributed by atoms with Gasteiger partial charge in [-0.25, -0.2) is 9.97 Å². The molecule has 0 radical (unpaired) electrons. The molecule has 2 aliphatic carbocycles. The molecule has 2 aromatic heterocycles. The lowest BCUT2D eigenvalue weighted by Gasteiger charge is -2.40. The van der Waals surface area contributed by atoms with Crippen molar-refractivity contribution < 1.29 is 0 Å². The molecule has 2 fully saturated rings. The summed E-state index contributed by atoms with van der Waals surface area (Å²) in [6.45, 7) is 3.04. The van der Waals surface area contributed by atoms with E-state index in [1.165, 1.54) is 42.6 Å². The van der Waals surface area contributed by atoms with E-state index in [0.717, 1.165) is 44.1 Å². The maximum absolute atomic E-state index is 4.45. The normalized spacial score (nSPS) is 20.1. The molecular formula is C19H24N6. The Hall–Kier alpha value is -2.24. The number of aryl methyl sites for hydroxylation is 2. The van der Waals surface area contributed by atoms with Crippen LogP contribution in [0, 0.1) is 5.92 Å². The monoisotopic (exact) mass is 336 g/mol. The minimum Gasteiger partial charge on any atom is -0.370 e. The predicted octanol–water partition coefficient (Wildman–Crippen LogP) is 2.57. The number of nitrogens with one attached hydrogen (secondary N) is 1. The summed E-state index contributed by atoms with van der Waals surface area (Å²) in [5.41, 5.74) is 3.81. The topological polar surface area (TPSA) is 66.8 Å². The van der Waals surface area contributed by atoms with Gasteiger partial charge in [0.25, 0.3) is 0 Å². The van der Waals surface area contributed by atoms with Gasteiger partial charge in [-0.2, -0.15) is 5.10 Å². The SMILES string of the molecule is c1nc(NCC2CN(c3cc4c(nn3)CCCC4)C2)cc(C2CC2)n1. The number of anilines is 2. The molecule has 1 N–H and O–H groups in total. The van der Waals surface area contributed by atoms with Gasteiger partial charge < -0.3 is 10.2 Å². The maximum atomic E-state index is 4.45. The fraction of sp³-hybridized carbons (Fsp3) is 0.579. The summed E-state index contributed by atoms with van der Waals surface area (Å²) in [5.74, 6) is 3.32. The molecule has 2 aromatic rings. The van der Waals surface area contributed by atoms with Crippen molar-refractivity contribution in [3.63, 3.8) is 0 Å². The van der Waals surface area contributed by atoms with Crippen LogP contribution in [0.1, 0.15) is 48.6 Å². The maximum Gasteiger partial charge on any atom is 0.151 e. The quantitative estimate of drug-likeness (QED) is 0.905. The Bertz CT molecular complexity index is 766. The third kappa shape index (κ3) is 3.17. The highest BCUT2D eigenvalue weighted by molar-refractivity contribution is 5.45. The van der Waals surface area contributed by atoms with Crippen LogP contribution >= 0.6 is 0 Å². The van der Waals surface area contributed by atoms with Crippen molar-refractivity contribution in [3.05, 3.63) is 35.4 Å². The Labute approximate surface area is 148 Å². The number of nitrogens with zero attached hydrogens (tertiary/aromatic N) is 5. The Kier molecular flexibility index (Phi) is 3.76. The summed E-state index contributed by atoms with van der Waals surface area (Å²) < 4.78 is 0. The van der Waals surface area contributed by atoms with Crippen molar-refractivity contribution in [1.82, 2.24) is 20.2 Å². The summed E-state index contributed by atoms with van der Waals surface area (Å²) in [7, 11) is 0. The number of rotatable bonds is 5. The second-order valence-electron chi connectivity index (χ2n) is 7.64. The van der Waals surface area contributed by atoms with Gasteiger partial charge in [0.15, 0.2) is 5.82 Å². The molecule has 1 aliphatic heterocycles. The zero-order valence-corrected chi connectivity index (χ0v) is 14.5. The van der Waals surface area contributed by atoms with E-state index in [2.05, 4.69) is 42.5 Å². The zero-order chi connectivity index (χ0) is 16.6. The predicted molar refractivity (Wildman–Crippen MR) is 96.9 cm³/mol. The summed E-state index contributed by atoms with van der Waals surface area (Å²) in [6.07, 6.45) is 9.03. The number of aromatic nitrogens is 4. The minimum absolute atomic E-state index is 0.636. The van der Waals surface area contributed by atoms with Crippen LogP contribution in [0.5, 0.6) is 0 Å². The third-order valence-corrected chi connectivity index (χ3v) is 5.59. The highest BCUT2D eigenvalue weighted by atomic mass is 15.3. The summed E-state index contributed by atoms with van der Waals surface area (Å²) in [5, 5.41) is 12.4. The van der Waals surface area contributed by atoms with Crippen molar-refractivity contribution in [3.8, 4) is 0 Å². The van der Waals surface area contributed by atoms with E-state index in [1.54, 1.807) is 6.33 Å². The van der Waals surface area contributed by atoms with E-state index in [1.807, 2.05) is 0 Å². The van der Waals surface area contributed by atoms with Crippen molar-refractivity contribution >= 4 is 11.6 Å². The molecule has 130 valence electrons. The Balaban J connectivity index is 1.15. The first-order valence-corrected chi connectivity index (χ1v) is 9.51. The largest absolute Gasteiger partial charge is 0.370 e. The molecule has 0 aromatic carbocycles. The van der Waals surface area contributed by atoms with Crippen molar-refractivity contribution in [1.29, 1.82) is 0 Å². The van der Waals surface area contributed by atoms with Gasteiger partial charge in [0.05, 0.1) is 5.69 Å². The van der Waals surface area contributed by atoms with Gasteiger partial charge in [-0.1, -0.05) is 0 Å². The fourth-order valence-electron chi connectivity index (χ4n) is 3.84. The molecule has 0 amide bonds. The van der Waals surface area contributed by atoms with E-state index in [-0.39, 0.29) is 0 Å². The lowest BCUT2D eigenvalue weighted by Crippen LogP contribution is -2.50. The lowest BCUT2D eigenvalue weighted by atomic mass is 9.95. The highest BCUT2D eigenvalue weighted by Crippen LogP contribution is 2.39. The molecule has 5 rings (SSSR count). The van der Waals surface area contributed by atoms with Crippen LogP contribution < -0.4 is 10.2 Å². The van der Waals surface area contributed by atoms with Crippen LogP contribution in [0.3, 0.4) is 0 Å². The van der Waals surface area contributed by atoms with Crippen LogP contribution in [-0.4, -0.2) is 39.8 Å². The molecule has 1 saturated heterocycles. The zero-order valence-electron chi connectivity index (χ0n) is 14.5. The Morgan fingerprint density at radius 1 is 1.04 bits per heavy atom. The van der Waals surface area contributed by atoms with Crippen LogP contribution in [-0.2, 0) is 12.8 Å². The fourth-order valence-corrected chi connectivity index (χ4v) is 3.84. The average molecular weight is 336 g/mol. The van der Waals surface area contributed by atoms with Crippen molar-refractivity contribution in [2.75, 3.05) is 29.9 Å². The van der Waals surface area contributed by atoms with Gasteiger partial charge >= 0.3 is 0 Å². The van der Waals surface area contributed by atoms with E-state index >= 15 is 0 Å². The van der Waals surface area contributed by atoms with Gasteiger partial charge in [-0.15, -0.1) is 5.10 Å². The van der Waals surface area contributed by atoms with Crippen LogP contribution in [0.15, 0.2) is 18.5 Å². The average Bonchev–Trinajstić information content (AvgIpc) is 3.46. The van der Waals surface area contributed by atoms with E-state index in [0.29, 0.717) is 11.8 Å².